The fourth-order valence-corrected chi connectivity index (χ4v) is 1.67. The monoisotopic (exact) mass is 252 g/mol. The first kappa shape index (κ1) is 11.3. The molecule has 0 unspecified atom stereocenters. The lowest BCUT2D eigenvalue weighted by atomic mass is 10.0. The van der Waals surface area contributed by atoms with Gasteiger partial charge in [0.05, 0.1) is 6.10 Å². The van der Waals surface area contributed by atoms with Crippen molar-refractivity contribution in [1.82, 2.24) is 0 Å². The molecular weight excluding hydrogens is 240 g/mol. The van der Waals surface area contributed by atoms with E-state index in [-0.39, 0.29) is 6.10 Å². The lowest BCUT2D eigenvalue weighted by Gasteiger charge is -2.14. The molecule has 1 atom stereocenters. The quantitative estimate of drug-likeness (QED) is 0.749. The molecule has 1 rings (SSSR count). The number of hydrogen-bond donors (Lipinski definition) is 0. The van der Waals surface area contributed by atoms with Crippen LogP contribution in [0, 0.1) is 10.8 Å². The molecule has 0 saturated carbocycles. The Morgan fingerprint density at radius 1 is 1.43 bits per heavy atom. The number of benzene rings is 1. The molecule has 0 amide bonds. The molecule has 0 aliphatic heterocycles. The van der Waals surface area contributed by atoms with E-state index in [9.17, 15) is 0 Å². The van der Waals surface area contributed by atoms with Gasteiger partial charge in [0.15, 0.2) is 0 Å². The van der Waals surface area contributed by atoms with E-state index in [2.05, 4.69) is 39.7 Å². The number of rotatable bonds is 3. The molecule has 0 spiro atoms. The highest BCUT2D eigenvalue weighted by molar-refractivity contribution is 9.12. The van der Waals surface area contributed by atoms with E-state index in [1.807, 2.05) is 18.2 Å². The summed E-state index contributed by atoms with van der Waals surface area (Å²) in [5, 5.41) is 0. The second-order valence-corrected chi connectivity index (χ2v) is 3.34. The van der Waals surface area contributed by atoms with Gasteiger partial charge in [0.1, 0.15) is 0 Å². The number of ether oxygens (including phenoxy) is 1. The Morgan fingerprint density at radius 3 is 2.71 bits per heavy atom. The molecule has 0 radical (unpaired) electrons. The van der Waals surface area contributed by atoms with Gasteiger partial charge in [-0.15, -0.1) is 0 Å². The summed E-state index contributed by atoms with van der Waals surface area (Å²) in [5.74, 6) is 3.01. The van der Waals surface area contributed by atoms with Gasteiger partial charge < -0.3 is 4.74 Å². The Morgan fingerprint density at radius 2 is 2.14 bits per heavy atom. The average Bonchev–Trinajstić information content (AvgIpc) is 2.23. The molecule has 0 heterocycles. The van der Waals surface area contributed by atoms with Gasteiger partial charge in [-0.25, -0.2) is 0 Å². The van der Waals surface area contributed by atoms with Crippen molar-refractivity contribution >= 4 is 15.9 Å². The fraction of sp³-hybridized carbons (Fsp3) is 0.333. The number of halogens is 1. The molecule has 1 aromatic rings. The molecule has 2 heteroatoms. The van der Waals surface area contributed by atoms with Gasteiger partial charge in [-0.1, -0.05) is 31.0 Å². The van der Waals surface area contributed by atoms with Gasteiger partial charge in [0, 0.05) is 28.6 Å². The molecule has 0 aliphatic carbocycles. The van der Waals surface area contributed by atoms with Crippen LogP contribution in [-0.2, 0) is 4.74 Å². The zero-order valence-electron chi connectivity index (χ0n) is 8.38. The third-order valence-electron chi connectivity index (χ3n) is 2.14. The van der Waals surface area contributed by atoms with Crippen molar-refractivity contribution in [3.8, 4) is 10.8 Å². The summed E-state index contributed by atoms with van der Waals surface area (Å²) in [6.45, 7) is 2.10. The van der Waals surface area contributed by atoms with Crippen LogP contribution < -0.4 is 0 Å². The van der Waals surface area contributed by atoms with Crippen molar-refractivity contribution in [3.63, 3.8) is 0 Å². The van der Waals surface area contributed by atoms with Crippen molar-refractivity contribution in [3.05, 3.63) is 35.4 Å². The Hall–Kier alpha value is -0.780. The van der Waals surface area contributed by atoms with Crippen LogP contribution in [0.15, 0.2) is 24.3 Å². The van der Waals surface area contributed by atoms with E-state index in [0.717, 1.165) is 17.5 Å². The largest absolute Gasteiger partial charge is 0.377 e. The minimum Gasteiger partial charge on any atom is -0.377 e. The first-order chi connectivity index (χ1) is 6.83. The first-order valence-corrected chi connectivity index (χ1v) is 5.36. The zero-order chi connectivity index (χ0) is 10.4. The van der Waals surface area contributed by atoms with Gasteiger partial charge in [-0.05, 0) is 22.9 Å². The maximum absolute atomic E-state index is 5.39. The first-order valence-electron chi connectivity index (χ1n) is 4.56. The van der Waals surface area contributed by atoms with Crippen LogP contribution >= 0.6 is 15.9 Å². The van der Waals surface area contributed by atoms with Crippen LogP contribution in [0.1, 0.15) is 30.6 Å². The number of hydrogen-bond acceptors (Lipinski definition) is 1. The second kappa shape index (κ2) is 5.85. The van der Waals surface area contributed by atoms with Crippen LogP contribution in [-0.4, -0.2) is 7.11 Å². The highest BCUT2D eigenvalue weighted by atomic mass is 79.9. The summed E-state index contributed by atoms with van der Waals surface area (Å²) in [5.41, 5.74) is 2.18. The highest BCUT2D eigenvalue weighted by Crippen LogP contribution is 2.23. The summed E-state index contributed by atoms with van der Waals surface area (Å²) < 4.78 is 5.39. The van der Waals surface area contributed by atoms with E-state index in [4.69, 9.17) is 4.74 Å². The molecule has 0 saturated heterocycles. The minimum atomic E-state index is 0.138. The van der Waals surface area contributed by atoms with Crippen molar-refractivity contribution in [2.24, 2.45) is 0 Å². The molecule has 0 fully saturated rings. The predicted octanol–water partition coefficient (Wildman–Crippen LogP) is 3.49. The van der Waals surface area contributed by atoms with Crippen LogP contribution in [0.3, 0.4) is 0 Å². The van der Waals surface area contributed by atoms with Crippen LogP contribution in [0.25, 0.3) is 0 Å². The van der Waals surface area contributed by atoms with Gasteiger partial charge >= 0.3 is 0 Å². The van der Waals surface area contributed by atoms with Gasteiger partial charge in [0.25, 0.3) is 0 Å². The van der Waals surface area contributed by atoms with Crippen molar-refractivity contribution < 1.29 is 4.74 Å². The topological polar surface area (TPSA) is 9.23 Å². The molecule has 0 aromatic heterocycles. The van der Waals surface area contributed by atoms with Crippen molar-refractivity contribution in [1.29, 1.82) is 0 Å². The lowest BCUT2D eigenvalue weighted by Crippen LogP contribution is -2.01. The molecule has 1 aromatic carbocycles. The minimum absolute atomic E-state index is 0.138. The Labute approximate surface area is 93.6 Å². The van der Waals surface area contributed by atoms with E-state index < -0.39 is 0 Å². The Kier molecular flexibility index (Phi) is 4.72. The van der Waals surface area contributed by atoms with Crippen LogP contribution in [0.2, 0.25) is 0 Å². The Balaban J connectivity index is 3.09. The molecule has 0 bridgehead atoms. The molecule has 0 N–H and O–H groups in total. The third-order valence-corrected chi connectivity index (χ3v) is 2.34. The standard InChI is InChI=1S/C12H13BrO/c1-3-12(14-2)11-7-5-4-6-10(11)8-9-13/h4-7,12H,3H2,1-2H3/t12-/m0/s1. The van der Waals surface area contributed by atoms with Gasteiger partial charge in [-0.3, -0.25) is 0 Å². The maximum Gasteiger partial charge on any atom is 0.0830 e. The summed E-state index contributed by atoms with van der Waals surface area (Å²) in [6.07, 6.45) is 1.09. The Bertz CT molecular complexity index is 345. The smallest absolute Gasteiger partial charge is 0.0830 e. The molecular formula is C12H13BrO. The van der Waals surface area contributed by atoms with Gasteiger partial charge in [-0.2, -0.15) is 0 Å². The lowest BCUT2D eigenvalue weighted by molar-refractivity contribution is 0.0998. The third kappa shape index (κ3) is 2.60. The van der Waals surface area contributed by atoms with Crippen molar-refractivity contribution in [2.75, 3.05) is 7.11 Å². The summed E-state index contributed by atoms with van der Waals surface area (Å²) in [6, 6.07) is 8.06. The van der Waals surface area contributed by atoms with E-state index in [0.29, 0.717) is 0 Å². The SMILES string of the molecule is CC[C@H](OC)c1ccccc1C#CBr. The van der Waals surface area contributed by atoms with Gasteiger partial charge in [0.2, 0.25) is 0 Å². The summed E-state index contributed by atoms with van der Waals surface area (Å²) in [4.78, 5) is 2.73. The summed E-state index contributed by atoms with van der Waals surface area (Å²) in [7, 11) is 1.73. The van der Waals surface area contributed by atoms with Crippen molar-refractivity contribution in [2.45, 2.75) is 19.4 Å². The molecule has 74 valence electrons. The van der Waals surface area contributed by atoms with E-state index in [1.165, 1.54) is 0 Å². The maximum atomic E-state index is 5.39. The van der Waals surface area contributed by atoms with E-state index in [1.54, 1.807) is 7.11 Å². The number of methoxy groups -OCH3 is 1. The fourth-order valence-electron chi connectivity index (χ4n) is 1.46. The average molecular weight is 253 g/mol. The molecule has 14 heavy (non-hydrogen) atoms. The molecule has 1 nitrogen and oxygen atoms in total. The van der Waals surface area contributed by atoms with Crippen LogP contribution in [0.4, 0.5) is 0 Å². The summed E-state index contributed by atoms with van der Waals surface area (Å²) >= 11 is 3.11. The van der Waals surface area contributed by atoms with E-state index >= 15 is 0 Å². The predicted molar refractivity (Wildman–Crippen MR) is 62.3 cm³/mol. The highest BCUT2D eigenvalue weighted by Gasteiger charge is 2.10. The zero-order valence-corrected chi connectivity index (χ0v) is 9.97. The second-order valence-electron chi connectivity index (χ2n) is 2.94. The van der Waals surface area contributed by atoms with Crippen LogP contribution in [0.5, 0.6) is 0 Å². The molecule has 0 aliphatic rings. The normalized spacial score (nSPS) is 11.6.